The summed E-state index contributed by atoms with van der Waals surface area (Å²) < 4.78 is 10.6. The SMILES string of the molecule is CCNC(=NCCCN1CCOCC1)NCCN(CCOC)C1CC1. The first-order valence-corrected chi connectivity index (χ1v) is 9.88. The molecule has 0 aromatic rings. The number of aliphatic imine (C=N–C) groups is 1. The lowest BCUT2D eigenvalue weighted by Gasteiger charge is -2.26. The molecule has 0 bridgehead atoms. The van der Waals surface area contributed by atoms with E-state index in [0.29, 0.717) is 0 Å². The van der Waals surface area contributed by atoms with Crippen molar-refractivity contribution in [2.24, 2.45) is 4.99 Å². The Hall–Kier alpha value is -0.890. The Balaban J connectivity index is 1.62. The third-order valence-corrected chi connectivity index (χ3v) is 4.69. The average molecular weight is 356 g/mol. The molecule has 1 heterocycles. The molecule has 0 aromatic heterocycles. The van der Waals surface area contributed by atoms with E-state index < -0.39 is 0 Å². The third-order valence-electron chi connectivity index (χ3n) is 4.69. The molecule has 1 saturated heterocycles. The van der Waals surface area contributed by atoms with Crippen molar-refractivity contribution in [3.63, 3.8) is 0 Å². The van der Waals surface area contributed by atoms with E-state index in [1.165, 1.54) is 12.8 Å². The molecule has 2 aliphatic rings. The lowest BCUT2D eigenvalue weighted by Crippen LogP contribution is -2.43. The highest BCUT2D eigenvalue weighted by atomic mass is 16.5. The van der Waals surface area contributed by atoms with Crippen molar-refractivity contribution in [3.05, 3.63) is 0 Å². The van der Waals surface area contributed by atoms with Gasteiger partial charge in [0.05, 0.1) is 19.8 Å². The topological polar surface area (TPSA) is 61.4 Å². The predicted octanol–water partition coefficient (Wildman–Crippen LogP) is 0.375. The summed E-state index contributed by atoms with van der Waals surface area (Å²) in [6.45, 7) is 12.6. The van der Waals surface area contributed by atoms with Gasteiger partial charge in [0, 0.05) is 65.5 Å². The molecular formula is C18H37N5O2. The molecule has 0 radical (unpaired) electrons. The molecule has 2 fully saturated rings. The smallest absolute Gasteiger partial charge is 0.191 e. The average Bonchev–Trinajstić information content (AvgIpc) is 3.47. The summed E-state index contributed by atoms with van der Waals surface area (Å²) >= 11 is 0. The Morgan fingerprint density at radius 1 is 1.24 bits per heavy atom. The number of rotatable bonds is 12. The van der Waals surface area contributed by atoms with E-state index in [2.05, 4.69) is 27.4 Å². The summed E-state index contributed by atoms with van der Waals surface area (Å²) in [7, 11) is 1.77. The molecule has 1 saturated carbocycles. The summed E-state index contributed by atoms with van der Waals surface area (Å²) in [4.78, 5) is 9.70. The van der Waals surface area contributed by atoms with Crippen LogP contribution >= 0.6 is 0 Å². The zero-order valence-corrected chi connectivity index (χ0v) is 16.1. The van der Waals surface area contributed by atoms with Crippen LogP contribution in [0.3, 0.4) is 0 Å². The molecular weight excluding hydrogens is 318 g/mol. The van der Waals surface area contributed by atoms with E-state index in [1.54, 1.807) is 7.11 Å². The van der Waals surface area contributed by atoms with Crippen molar-refractivity contribution in [2.45, 2.75) is 32.2 Å². The second kappa shape index (κ2) is 12.5. The summed E-state index contributed by atoms with van der Waals surface area (Å²) in [5, 5.41) is 6.82. The highest BCUT2D eigenvalue weighted by Gasteiger charge is 2.28. The number of methoxy groups -OCH3 is 1. The fourth-order valence-electron chi connectivity index (χ4n) is 3.09. The molecule has 25 heavy (non-hydrogen) atoms. The molecule has 0 unspecified atom stereocenters. The van der Waals surface area contributed by atoms with Gasteiger partial charge in [-0.25, -0.2) is 0 Å². The van der Waals surface area contributed by atoms with Crippen LogP contribution in [0.1, 0.15) is 26.2 Å². The molecule has 2 rings (SSSR count). The number of nitrogens with one attached hydrogen (secondary N) is 2. The second-order valence-corrected chi connectivity index (χ2v) is 6.75. The molecule has 146 valence electrons. The predicted molar refractivity (Wildman–Crippen MR) is 102 cm³/mol. The van der Waals surface area contributed by atoms with Crippen LogP contribution in [0.2, 0.25) is 0 Å². The standard InChI is InChI=1S/C18H37N5O2/c1-3-19-18(20-7-4-9-22-11-15-25-16-12-22)21-8-10-23(13-14-24-2)17-5-6-17/h17H,3-16H2,1-2H3,(H2,19,20,21). The molecule has 1 aliphatic heterocycles. The van der Waals surface area contributed by atoms with Gasteiger partial charge in [0.2, 0.25) is 0 Å². The Morgan fingerprint density at radius 3 is 2.72 bits per heavy atom. The number of ether oxygens (including phenoxy) is 2. The van der Waals surface area contributed by atoms with E-state index in [-0.39, 0.29) is 0 Å². The summed E-state index contributed by atoms with van der Waals surface area (Å²) in [6, 6.07) is 0.769. The van der Waals surface area contributed by atoms with Gasteiger partial charge in [0.15, 0.2) is 5.96 Å². The van der Waals surface area contributed by atoms with Gasteiger partial charge >= 0.3 is 0 Å². The van der Waals surface area contributed by atoms with Gasteiger partial charge in [0.25, 0.3) is 0 Å². The molecule has 0 aromatic carbocycles. The maximum Gasteiger partial charge on any atom is 0.191 e. The summed E-state index contributed by atoms with van der Waals surface area (Å²) in [5.41, 5.74) is 0. The Bertz CT molecular complexity index is 370. The fraction of sp³-hybridized carbons (Fsp3) is 0.944. The van der Waals surface area contributed by atoms with Crippen LogP contribution in [0, 0.1) is 0 Å². The minimum absolute atomic E-state index is 0.769. The molecule has 2 N–H and O–H groups in total. The number of morpholine rings is 1. The van der Waals surface area contributed by atoms with Crippen LogP contribution in [0.4, 0.5) is 0 Å². The Kier molecular flexibility index (Phi) is 10.2. The van der Waals surface area contributed by atoms with Crippen LogP contribution in [0.25, 0.3) is 0 Å². The van der Waals surface area contributed by atoms with Gasteiger partial charge in [-0.2, -0.15) is 0 Å². The van der Waals surface area contributed by atoms with Crippen LogP contribution in [0.15, 0.2) is 4.99 Å². The summed E-state index contributed by atoms with van der Waals surface area (Å²) in [6.07, 6.45) is 3.76. The molecule has 1 aliphatic carbocycles. The van der Waals surface area contributed by atoms with Crippen molar-refractivity contribution < 1.29 is 9.47 Å². The lowest BCUT2D eigenvalue weighted by atomic mass is 10.3. The van der Waals surface area contributed by atoms with Crippen LogP contribution < -0.4 is 10.6 Å². The molecule has 0 atom stereocenters. The van der Waals surface area contributed by atoms with Crippen LogP contribution in [0.5, 0.6) is 0 Å². The lowest BCUT2D eigenvalue weighted by molar-refractivity contribution is 0.0377. The number of nitrogens with zero attached hydrogens (tertiary/aromatic N) is 3. The van der Waals surface area contributed by atoms with E-state index in [9.17, 15) is 0 Å². The van der Waals surface area contributed by atoms with Gasteiger partial charge in [-0.05, 0) is 26.2 Å². The zero-order chi connectivity index (χ0) is 17.7. The first kappa shape index (κ1) is 20.4. The number of hydrogen-bond acceptors (Lipinski definition) is 5. The maximum atomic E-state index is 5.38. The zero-order valence-electron chi connectivity index (χ0n) is 16.1. The quantitative estimate of drug-likeness (QED) is 0.300. The van der Waals surface area contributed by atoms with E-state index in [4.69, 9.17) is 14.5 Å². The first-order valence-electron chi connectivity index (χ1n) is 9.88. The van der Waals surface area contributed by atoms with Gasteiger partial charge < -0.3 is 20.1 Å². The van der Waals surface area contributed by atoms with E-state index >= 15 is 0 Å². The molecule has 7 heteroatoms. The normalized spacial score (nSPS) is 19.4. The molecule has 0 spiro atoms. The van der Waals surface area contributed by atoms with Crippen molar-refractivity contribution in [1.82, 2.24) is 20.4 Å². The van der Waals surface area contributed by atoms with Gasteiger partial charge in [0.1, 0.15) is 0 Å². The minimum Gasteiger partial charge on any atom is -0.383 e. The summed E-state index contributed by atoms with van der Waals surface area (Å²) in [5.74, 6) is 0.937. The van der Waals surface area contributed by atoms with Gasteiger partial charge in [-0.1, -0.05) is 0 Å². The first-order chi connectivity index (χ1) is 12.3. The molecule has 7 nitrogen and oxygen atoms in total. The fourth-order valence-corrected chi connectivity index (χ4v) is 3.09. The van der Waals surface area contributed by atoms with Crippen molar-refractivity contribution in [3.8, 4) is 0 Å². The Morgan fingerprint density at radius 2 is 2.04 bits per heavy atom. The Labute approximate surface area is 153 Å². The van der Waals surface area contributed by atoms with E-state index in [0.717, 1.165) is 90.6 Å². The van der Waals surface area contributed by atoms with Crippen molar-refractivity contribution in [1.29, 1.82) is 0 Å². The van der Waals surface area contributed by atoms with Gasteiger partial charge in [-0.3, -0.25) is 14.8 Å². The van der Waals surface area contributed by atoms with Crippen molar-refractivity contribution in [2.75, 3.05) is 79.3 Å². The van der Waals surface area contributed by atoms with E-state index in [1.807, 2.05) is 0 Å². The highest BCUT2D eigenvalue weighted by molar-refractivity contribution is 5.79. The monoisotopic (exact) mass is 355 g/mol. The number of hydrogen-bond donors (Lipinski definition) is 2. The van der Waals surface area contributed by atoms with Crippen LogP contribution in [-0.2, 0) is 9.47 Å². The largest absolute Gasteiger partial charge is 0.383 e. The third kappa shape index (κ3) is 8.85. The minimum atomic E-state index is 0.769. The van der Waals surface area contributed by atoms with Crippen molar-refractivity contribution >= 4 is 5.96 Å². The number of guanidine groups is 1. The second-order valence-electron chi connectivity index (χ2n) is 6.75. The van der Waals surface area contributed by atoms with Gasteiger partial charge in [-0.15, -0.1) is 0 Å². The molecule has 0 amide bonds. The highest BCUT2D eigenvalue weighted by Crippen LogP contribution is 2.25. The maximum absolute atomic E-state index is 5.38. The van der Waals surface area contributed by atoms with Crippen LogP contribution in [-0.4, -0.2) is 101 Å².